The number of nitrogens with zero attached hydrogens (tertiary/aromatic N) is 2. The summed E-state index contributed by atoms with van der Waals surface area (Å²) in [7, 11) is 0. The largest absolute Gasteiger partial charge is 0.357 e. The number of hydrogen-bond donors (Lipinski definition) is 2. The van der Waals surface area contributed by atoms with Crippen molar-refractivity contribution in [3.05, 3.63) is 0 Å². The number of aliphatic imine (C=N–C) groups is 1. The van der Waals surface area contributed by atoms with Crippen molar-refractivity contribution in [2.75, 3.05) is 26.2 Å². The lowest BCUT2D eigenvalue weighted by molar-refractivity contribution is 0.167. The molecule has 1 aliphatic rings. The Morgan fingerprint density at radius 1 is 1.44 bits per heavy atom. The van der Waals surface area contributed by atoms with Gasteiger partial charge in [0.25, 0.3) is 0 Å². The number of guanidine groups is 1. The zero-order valence-corrected chi connectivity index (χ0v) is 11.9. The van der Waals surface area contributed by atoms with Crippen LogP contribution in [0.5, 0.6) is 0 Å². The van der Waals surface area contributed by atoms with E-state index in [1.807, 2.05) is 0 Å². The highest BCUT2D eigenvalue weighted by Gasteiger charge is 2.21. The van der Waals surface area contributed by atoms with Crippen LogP contribution in [-0.2, 0) is 0 Å². The first-order valence-electron chi connectivity index (χ1n) is 6.89. The molecule has 0 spiro atoms. The first-order valence-corrected chi connectivity index (χ1v) is 6.89. The number of nitrogens with one attached hydrogen (secondary N) is 2. The van der Waals surface area contributed by atoms with Crippen LogP contribution in [0.4, 0.5) is 0 Å². The van der Waals surface area contributed by atoms with E-state index in [2.05, 4.69) is 47.2 Å². The van der Waals surface area contributed by atoms with E-state index in [0.717, 1.165) is 25.6 Å². The lowest BCUT2D eigenvalue weighted by Crippen LogP contribution is -2.49. The van der Waals surface area contributed by atoms with Crippen LogP contribution in [-0.4, -0.2) is 49.1 Å². The molecule has 0 bridgehead atoms. The summed E-state index contributed by atoms with van der Waals surface area (Å²) < 4.78 is 0. The maximum atomic E-state index is 5.24. The third-order valence-electron chi connectivity index (χ3n) is 3.27. The van der Waals surface area contributed by atoms with Crippen LogP contribution >= 0.6 is 0 Å². The molecule has 1 fully saturated rings. The van der Waals surface area contributed by atoms with Gasteiger partial charge in [0.15, 0.2) is 5.96 Å². The SMILES string of the molecule is C#CCN=C(NCC)NC1CCN(C(C)C)CC1. The van der Waals surface area contributed by atoms with E-state index >= 15 is 0 Å². The minimum Gasteiger partial charge on any atom is -0.357 e. The average molecular weight is 250 g/mol. The van der Waals surface area contributed by atoms with Gasteiger partial charge in [-0.2, -0.15) is 0 Å². The van der Waals surface area contributed by atoms with Crippen molar-refractivity contribution in [1.29, 1.82) is 0 Å². The van der Waals surface area contributed by atoms with Crippen molar-refractivity contribution < 1.29 is 0 Å². The fourth-order valence-corrected chi connectivity index (χ4v) is 2.20. The van der Waals surface area contributed by atoms with Crippen molar-refractivity contribution in [3.63, 3.8) is 0 Å². The number of likely N-dealkylation sites (tertiary alicyclic amines) is 1. The van der Waals surface area contributed by atoms with Crippen molar-refractivity contribution in [1.82, 2.24) is 15.5 Å². The van der Waals surface area contributed by atoms with Gasteiger partial charge in [0.05, 0.1) is 0 Å². The van der Waals surface area contributed by atoms with E-state index in [4.69, 9.17) is 6.42 Å². The lowest BCUT2D eigenvalue weighted by Gasteiger charge is -2.35. The second kappa shape index (κ2) is 7.99. The molecule has 1 heterocycles. The molecule has 1 rings (SSSR count). The van der Waals surface area contributed by atoms with Gasteiger partial charge in [-0.15, -0.1) is 6.42 Å². The monoisotopic (exact) mass is 250 g/mol. The van der Waals surface area contributed by atoms with Gasteiger partial charge in [0.1, 0.15) is 6.54 Å². The number of rotatable bonds is 4. The molecule has 0 atom stereocenters. The van der Waals surface area contributed by atoms with Gasteiger partial charge < -0.3 is 15.5 Å². The van der Waals surface area contributed by atoms with Gasteiger partial charge >= 0.3 is 0 Å². The van der Waals surface area contributed by atoms with E-state index in [9.17, 15) is 0 Å². The standard InChI is InChI=1S/C14H26N4/c1-5-9-16-14(15-6-2)17-13-7-10-18(11-8-13)12(3)4/h1,12-13H,6-11H2,2-4H3,(H2,15,16,17). The Hall–Kier alpha value is -1.21. The number of hydrogen-bond acceptors (Lipinski definition) is 2. The van der Waals surface area contributed by atoms with E-state index in [1.165, 1.54) is 12.8 Å². The van der Waals surface area contributed by atoms with Crippen LogP contribution in [0.15, 0.2) is 4.99 Å². The summed E-state index contributed by atoms with van der Waals surface area (Å²) in [5.74, 6) is 3.39. The molecular weight excluding hydrogens is 224 g/mol. The fourth-order valence-electron chi connectivity index (χ4n) is 2.20. The Balaban J connectivity index is 2.40. The van der Waals surface area contributed by atoms with E-state index in [1.54, 1.807) is 0 Å². The van der Waals surface area contributed by atoms with Crippen LogP contribution in [0.2, 0.25) is 0 Å². The van der Waals surface area contributed by atoms with Crippen LogP contribution in [0.3, 0.4) is 0 Å². The van der Waals surface area contributed by atoms with Crippen LogP contribution < -0.4 is 10.6 Å². The Kier molecular flexibility index (Phi) is 6.59. The Bertz CT molecular complexity index is 295. The van der Waals surface area contributed by atoms with Crippen LogP contribution in [0.25, 0.3) is 0 Å². The average Bonchev–Trinajstić information content (AvgIpc) is 2.37. The normalized spacial score (nSPS) is 18.7. The maximum absolute atomic E-state index is 5.24. The van der Waals surface area contributed by atoms with Gasteiger partial charge in [-0.1, -0.05) is 5.92 Å². The molecule has 1 aliphatic heterocycles. The van der Waals surface area contributed by atoms with Gasteiger partial charge in [-0.3, -0.25) is 0 Å². The van der Waals surface area contributed by atoms with Gasteiger partial charge in [0, 0.05) is 31.7 Å². The minimum atomic E-state index is 0.431. The molecule has 0 unspecified atom stereocenters. The molecule has 2 N–H and O–H groups in total. The minimum absolute atomic E-state index is 0.431. The number of piperidine rings is 1. The first-order chi connectivity index (χ1) is 8.67. The molecule has 18 heavy (non-hydrogen) atoms. The molecule has 0 aromatic heterocycles. The summed E-state index contributed by atoms with van der Waals surface area (Å²) in [6.07, 6.45) is 7.57. The third-order valence-corrected chi connectivity index (χ3v) is 3.27. The molecule has 0 aliphatic carbocycles. The third kappa shape index (κ3) is 4.97. The molecule has 0 aromatic carbocycles. The molecule has 0 amide bonds. The predicted octanol–water partition coefficient (Wildman–Crippen LogP) is 1.05. The zero-order valence-electron chi connectivity index (χ0n) is 11.9. The second-order valence-corrected chi connectivity index (χ2v) is 4.95. The van der Waals surface area contributed by atoms with Crippen molar-refractivity contribution >= 4 is 5.96 Å². The molecule has 1 saturated heterocycles. The highest BCUT2D eigenvalue weighted by molar-refractivity contribution is 5.80. The summed E-state index contributed by atoms with van der Waals surface area (Å²) in [6.45, 7) is 10.2. The Morgan fingerprint density at radius 3 is 2.61 bits per heavy atom. The van der Waals surface area contributed by atoms with Crippen LogP contribution in [0, 0.1) is 12.3 Å². The summed E-state index contributed by atoms with van der Waals surface area (Å²) in [4.78, 5) is 6.84. The number of terminal acetylenes is 1. The molecule has 0 aromatic rings. The van der Waals surface area contributed by atoms with Crippen molar-refractivity contribution in [3.8, 4) is 12.3 Å². The first kappa shape index (κ1) is 14.8. The van der Waals surface area contributed by atoms with E-state index < -0.39 is 0 Å². The highest BCUT2D eigenvalue weighted by atomic mass is 15.2. The Labute approximate surface area is 111 Å². The Morgan fingerprint density at radius 2 is 2.11 bits per heavy atom. The molecule has 0 saturated carbocycles. The summed E-state index contributed by atoms with van der Waals surface area (Å²) >= 11 is 0. The smallest absolute Gasteiger partial charge is 0.192 e. The topological polar surface area (TPSA) is 39.7 Å². The van der Waals surface area contributed by atoms with Gasteiger partial charge in [0.2, 0.25) is 0 Å². The summed E-state index contributed by atoms with van der Waals surface area (Å²) in [5, 5.41) is 6.70. The van der Waals surface area contributed by atoms with E-state index in [0.29, 0.717) is 18.6 Å². The predicted molar refractivity (Wildman–Crippen MR) is 77.7 cm³/mol. The molecule has 4 heteroatoms. The summed E-state index contributed by atoms with van der Waals surface area (Å²) in [6, 6.07) is 1.16. The molecule has 0 radical (unpaired) electrons. The molecule has 102 valence electrons. The van der Waals surface area contributed by atoms with Gasteiger partial charge in [-0.25, -0.2) is 4.99 Å². The van der Waals surface area contributed by atoms with Crippen LogP contribution in [0.1, 0.15) is 33.6 Å². The fraction of sp³-hybridized carbons (Fsp3) is 0.786. The molecule has 4 nitrogen and oxygen atoms in total. The highest BCUT2D eigenvalue weighted by Crippen LogP contribution is 2.12. The quantitative estimate of drug-likeness (QED) is 0.445. The van der Waals surface area contributed by atoms with Crippen molar-refractivity contribution in [2.45, 2.75) is 45.7 Å². The summed E-state index contributed by atoms with van der Waals surface area (Å²) in [5.41, 5.74) is 0. The molecular formula is C14H26N4. The lowest BCUT2D eigenvalue weighted by atomic mass is 10.0. The van der Waals surface area contributed by atoms with Crippen molar-refractivity contribution in [2.24, 2.45) is 4.99 Å². The van der Waals surface area contributed by atoms with E-state index in [-0.39, 0.29) is 0 Å². The second-order valence-electron chi connectivity index (χ2n) is 4.95. The zero-order chi connectivity index (χ0) is 13.4. The maximum Gasteiger partial charge on any atom is 0.192 e. The van der Waals surface area contributed by atoms with Gasteiger partial charge in [-0.05, 0) is 33.6 Å².